The second kappa shape index (κ2) is 7.59. The molecule has 1 saturated heterocycles. The third-order valence-corrected chi connectivity index (χ3v) is 7.22. The Balaban J connectivity index is 1.77. The highest BCUT2D eigenvalue weighted by molar-refractivity contribution is 7.89. The number of rotatable bonds is 4. The summed E-state index contributed by atoms with van der Waals surface area (Å²) in [4.78, 5) is 2.60. The fraction of sp³-hybridized carbons (Fsp3) is 0.400. The quantitative estimate of drug-likeness (QED) is 0.779. The number of piperazine rings is 1. The first kappa shape index (κ1) is 19.2. The Kier molecular flexibility index (Phi) is 5.61. The fourth-order valence-corrected chi connectivity index (χ4v) is 4.99. The minimum Gasteiger partial charge on any atom is -0.369 e. The van der Waals surface area contributed by atoms with Gasteiger partial charge in [0.2, 0.25) is 10.0 Å². The van der Waals surface area contributed by atoms with Crippen molar-refractivity contribution in [3.8, 4) is 0 Å². The Morgan fingerprint density at radius 3 is 2.27 bits per heavy atom. The van der Waals surface area contributed by atoms with Crippen molar-refractivity contribution < 1.29 is 8.42 Å². The number of benzene rings is 2. The molecule has 4 nitrogen and oxygen atoms in total. The molecule has 0 N–H and O–H groups in total. The number of hydrogen-bond donors (Lipinski definition) is 0. The van der Waals surface area contributed by atoms with Crippen LogP contribution < -0.4 is 4.90 Å². The first-order valence-electron chi connectivity index (χ1n) is 8.91. The van der Waals surface area contributed by atoms with Gasteiger partial charge in [-0.1, -0.05) is 43.6 Å². The number of para-hydroxylation sites is 1. The lowest BCUT2D eigenvalue weighted by Gasteiger charge is -2.36. The summed E-state index contributed by atoms with van der Waals surface area (Å²) in [5.41, 5.74) is 3.29. The molecule has 2 aromatic carbocycles. The van der Waals surface area contributed by atoms with Crippen LogP contribution in [0.15, 0.2) is 47.4 Å². The maximum atomic E-state index is 12.9. The Bertz CT molecular complexity index is 888. The van der Waals surface area contributed by atoms with Crippen molar-refractivity contribution in [2.24, 2.45) is 0 Å². The summed E-state index contributed by atoms with van der Waals surface area (Å²) < 4.78 is 27.4. The van der Waals surface area contributed by atoms with Crippen molar-refractivity contribution in [3.63, 3.8) is 0 Å². The minimum atomic E-state index is -3.49. The van der Waals surface area contributed by atoms with Crippen LogP contribution in [0.4, 0.5) is 5.69 Å². The highest BCUT2D eigenvalue weighted by Gasteiger charge is 2.29. The Morgan fingerprint density at radius 2 is 1.65 bits per heavy atom. The summed E-state index contributed by atoms with van der Waals surface area (Å²) >= 11 is 6.03. The minimum absolute atomic E-state index is 0.315. The topological polar surface area (TPSA) is 40.6 Å². The standard InChI is InChI=1S/C20H25ClN2O2S/c1-15(2)18-6-4-5-7-20(18)22-10-12-23(13-11-22)26(24,25)17-8-9-19(21)16(3)14-17/h4-9,14-15H,10-13H2,1-3H3. The van der Waals surface area contributed by atoms with E-state index in [4.69, 9.17) is 11.6 Å². The number of anilines is 1. The third-order valence-electron chi connectivity index (χ3n) is 4.91. The molecule has 0 radical (unpaired) electrons. The van der Waals surface area contributed by atoms with Crippen molar-refractivity contribution in [3.05, 3.63) is 58.6 Å². The van der Waals surface area contributed by atoms with E-state index in [1.54, 1.807) is 22.5 Å². The Labute approximate surface area is 161 Å². The van der Waals surface area contributed by atoms with Gasteiger partial charge in [-0.25, -0.2) is 8.42 Å². The molecule has 6 heteroatoms. The van der Waals surface area contributed by atoms with E-state index < -0.39 is 10.0 Å². The summed E-state index contributed by atoms with van der Waals surface area (Å²) in [6.45, 7) is 8.53. The first-order chi connectivity index (χ1) is 12.3. The van der Waals surface area contributed by atoms with E-state index in [0.29, 0.717) is 42.0 Å². The van der Waals surface area contributed by atoms with E-state index in [-0.39, 0.29) is 0 Å². The van der Waals surface area contributed by atoms with Crippen LogP contribution in [0.25, 0.3) is 0 Å². The maximum absolute atomic E-state index is 12.9. The molecule has 0 aromatic heterocycles. The molecule has 3 rings (SSSR count). The molecule has 2 aromatic rings. The van der Waals surface area contributed by atoms with Gasteiger partial charge in [0.15, 0.2) is 0 Å². The van der Waals surface area contributed by atoms with Crippen LogP contribution in [-0.4, -0.2) is 38.9 Å². The van der Waals surface area contributed by atoms with Crippen molar-refractivity contribution in [1.82, 2.24) is 4.31 Å². The highest BCUT2D eigenvalue weighted by atomic mass is 35.5. The van der Waals surface area contributed by atoms with E-state index in [0.717, 1.165) is 5.56 Å². The normalized spacial score (nSPS) is 16.3. The van der Waals surface area contributed by atoms with Gasteiger partial charge in [-0.15, -0.1) is 0 Å². The summed E-state index contributed by atoms with van der Waals surface area (Å²) in [5.74, 6) is 0.435. The Morgan fingerprint density at radius 1 is 1.00 bits per heavy atom. The number of hydrogen-bond acceptors (Lipinski definition) is 3. The van der Waals surface area contributed by atoms with Crippen molar-refractivity contribution in [1.29, 1.82) is 0 Å². The molecule has 0 bridgehead atoms. The predicted molar refractivity (Wildman–Crippen MR) is 108 cm³/mol. The molecule has 0 saturated carbocycles. The van der Waals surface area contributed by atoms with Gasteiger partial charge in [0.05, 0.1) is 4.90 Å². The summed E-state index contributed by atoms with van der Waals surface area (Å²) in [6.07, 6.45) is 0. The van der Waals surface area contributed by atoms with Crippen LogP contribution in [0.1, 0.15) is 30.9 Å². The summed E-state index contributed by atoms with van der Waals surface area (Å²) in [6, 6.07) is 13.3. The van der Waals surface area contributed by atoms with Gasteiger partial charge in [0.25, 0.3) is 0 Å². The molecule has 1 heterocycles. The largest absolute Gasteiger partial charge is 0.369 e. The monoisotopic (exact) mass is 392 g/mol. The second-order valence-electron chi connectivity index (χ2n) is 7.02. The Hall–Kier alpha value is -1.56. The summed E-state index contributed by atoms with van der Waals surface area (Å²) in [5, 5.41) is 0.582. The smallest absolute Gasteiger partial charge is 0.243 e. The van der Waals surface area contributed by atoms with Crippen LogP contribution in [0.3, 0.4) is 0 Å². The SMILES string of the molecule is Cc1cc(S(=O)(=O)N2CCN(c3ccccc3C(C)C)CC2)ccc1Cl. The van der Waals surface area contributed by atoms with Crippen molar-refractivity contribution in [2.45, 2.75) is 31.6 Å². The van der Waals surface area contributed by atoms with Gasteiger partial charge in [-0.3, -0.25) is 0 Å². The van der Waals surface area contributed by atoms with Crippen LogP contribution in [0, 0.1) is 6.92 Å². The van der Waals surface area contributed by atoms with E-state index >= 15 is 0 Å². The van der Waals surface area contributed by atoms with E-state index in [2.05, 4.69) is 36.9 Å². The zero-order valence-corrected chi connectivity index (χ0v) is 17.0. The molecule has 0 atom stereocenters. The van der Waals surface area contributed by atoms with Gasteiger partial charge in [-0.05, 0) is 48.2 Å². The predicted octanol–water partition coefficient (Wildman–Crippen LogP) is 4.28. The van der Waals surface area contributed by atoms with Crippen LogP contribution >= 0.6 is 11.6 Å². The third kappa shape index (κ3) is 3.75. The van der Waals surface area contributed by atoms with Gasteiger partial charge in [0.1, 0.15) is 0 Å². The average molecular weight is 393 g/mol. The number of aryl methyl sites for hydroxylation is 1. The van der Waals surface area contributed by atoms with Gasteiger partial charge >= 0.3 is 0 Å². The molecule has 0 amide bonds. The van der Waals surface area contributed by atoms with Gasteiger partial charge in [0, 0.05) is 36.9 Å². The molecule has 140 valence electrons. The molecule has 1 aliphatic heterocycles. The molecule has 0 aliphatic carbocycles. The molecule has 1 fully saturated rings. The van der Waals surface area contributed by atoms with Crippen LogP contribution in [-0.2, 0) is 10.0 Å². The van der Waals surface area contributed by atoms with E-state index in [1.807, 2.05) is 13.0 Å². The number of nitrogens with zero attached hydrogens (tertiary/aromatic N) is 2. The lowest BCUT2D eigenvalue weighted by molar-refractivity contribution is 0.384. The molecular formula is C20H25ClN2O2S. The molecule has 0 spiro atoms. The lowest BCUT2D eigenvalue weighted by atomic mass is 10.00. The summed E-state index contributed by atoms with van der Waals surface area (Å²) in [7, 11) is -3.49. The first-order valence-corrected chi connectivity index (χ1v) is 10.7. The second-order valence-corrected chi connectivity index (χ2v) is 9.36. The van der Waals surface area contributed by atoms with E-state index in [1.165, 1.54) is 11.3 Å². The molecule has 1 aliphatic rings. The van der Waals surface area contributed by atoms with Crippen LogP contribution in [0.2, 0.25) is 5.02 Å². The highest BCUT2D eigenvalue weighted by Crippen LogP contribution is 2.29. The zero-order valence-electron chi connectivity index (χ0n) is 15.4. The van der Waals surface area contributed by atoms with Gasteiger partial charge in [-0.2, -0.15) is 4.31 Å². The fourth-order valence-electron chi connectivity index (χ4n) is 3.36. The lowest BCUT2D eigenvalue weighted by Crippen LogP contribution is -2.48. The van der Waals surface area contributed by atoms with Crippen LogP contribution in [0.5, 0.6) is 0 Å². The zero-order chi connectivity index (χ0) is 18.9. The molecule has 26 heavy (non-hydrogen) atoms. The van der Waals surface area contributed by atoms with Gasteiger partial charge < -0.3 is 4.90 Å². The number of sulfonamides is 1. The molecule has 0 unspecified atom stereocenters. The van der Waals surface area contributed by atoms with E-state index in [9.17, 15) is 8.42 Å². The average Bonchev–Trinajstić information content (AvgIpc) is 2.64. The number of halogens is 1. The molecular weight excluding hydrogens is 368 g/mol. The maximum Gasteiger partial charge on any atom is 0.243 e. The van der Waals surface area contributed by atoms with Crippen molar-refractivity contribution >= 4 is 27.3 Å². The van der Waals surface area contributed by atoms with Crippen molar-refractivity contribution in [2.75, 3.05) is 31.1 Å².